The zero-order valence-electron chi connectivity index (χ0n) is 9.19. The van der Waals surface area contributed by atoms with E-state index in [4.69, 9.17) is 20.3 Å². The van der Waals surface area contributed by atoms with E-state index in [9.17, 15) is 4.39 Å². The SMILES string of the molecule is NC(=S)c1ccc(OCCOCCO)cc1F. The lowest BCUT2D eigenvalue weighted by Gasteiger charge is -2.08. The molecule has 0 amide bonds. The normalized spacial score (nSPS) is 10.2. The van der Waals surface area contributed by atoms with Crippen LogP contribution >= 0.6 is 12.2 Å². The minimum atomic E-state index is -0.508. The minimum absolute atomic E-state index is 0.0142. The Labute approximate surface area is 104 Å². The molecule has 94 valence electrons. The van der Waals surface area contributed by atoms with Gasteiger partial charge in [-0.3, -0.25) is 0 Å². The molecule has 4 nitrogen and oxygen atoms in total. The topological polar surface area (TPSA) is 64.7 Å². The molecule has 1 aromatic rings. The van der Waals surface area contributed by atoms with Crippen LogP contribution in [0.5, 0.6) is 5.75 Å². The Balaban J connectivity index is 2.45. The fourth-order valence-electron chi connectivity index (χ4n) is 1.17. The van der Waals surface area contributed by atoms with Gasteiger partial charge in [0.2, 0.25) is 0 Å². The van der Waals surface area contributed by atoms with Crippen LogP contribution in [0.25, 0.3) is 0 Å². The van der Waals surface area contributed by atoms with Crippen LogP contribution in [0.15, 0.2) is 18.2 Å². The van der Waals surface area contributed by atoms with Gasteiger partial charge in [0.05, 0.1) is 19.8 Å². The lowest BCUT2D eigenvalue weighted by Crippen LogP contribution is -2.12. The molecule has 0 unspecified atom stereocenters. The lowest BCUT2D eigenvalue weighted by molar-refractivity contribution is 0.0704. The highest BCUT2D eigenvalue weighted by atomic mass is 32.1. The van der Waals surface area contributed by atoms with Crippen molar-refractivity contribution in [2.24, 2.45) is 5.73 Å². The Morgan fingerprint density at radius 2 is 2.12 bits per heavy atom. The number of hydrogen-bond acceptors (Lipinski definition) is 4. The molecule has 0 saturated heterocycles. The van der Waals surface area contributed by atoms with E-state index in [1.54, 1.807) is 6.07 Å². The molecule has 0 bridgehead atoms. The molecule has 6 heteroatoms. The molecule has 0 aliphatic carbocycles. The summed E-state index contributed by atoms with van der Waals surface area (Å²) in [5, 5.41) is 8.46. The quantitative estimate of drug-likeness (QED) is 0.561. The average Bonchev–Trinajstić information content (AvgIpc) is 2.28. The number of thiocarbonyl (C=S) groups is 1. The van der Waals surface area contributed by atoms with Crippen molar-refractivity contribution < 1.29 is 19.0 Å². The van der Waals surface area contributed by atoms with Gasteiger partial charge >= 0.3 is 0 Å². The minimum Gasteiger partial charge on any atom is -0.491 e. The van der Waals surface area contributed by atoms with Gasteiger partial charge < -0.3 is 20.3 Å². The van der Waals surface area contributed by atoms with Crippen molar-refractivity contribution in [3.8, 4) is 5.75 Å². The third-order valence-electron chi connectivity index (χ3n) is 1.94. The summed E-state index contributed by atoms with van der Waals surface area (Å²) >= 11 is 4.68. The van der Waals surface area contributed by atoms with Crippen LogP contribution in [0.4, 0.5) is 4.39 Å². The number of halogens is 1. The summed E-state index contributed by atoms with van der Waals surface area (Å²) < 4.78 is 23.6. The van der Waals surface area contributed by atoms with Crippen molar-refractivity contribution in [2.75, 3.05) is 26.4 Å². The molecule has 0 saturated carbocycles. The fraction of sp³-hybridized carbons (Fsp3) is 0.364. The first-order valence-corrected chi connectivity index (χ1v) is 5.46. The Kier molecular flexibility index (Phi) is 5.82. The van der Waals surface area contributed by atoms with Gasteiger partial charge in [-0.2, -0.15) is 0 Å². The molecule has 0 fully saturated rings. The van der Waals surface area contributed by atoms with Gasteiger partial charge in [0.1, 0.15) is 23.2 Å². The summed E-state index contributed by atoms with van der Waals surface area (Å²) in [6.45, 7) is 0.848. The predicted molar refractivity (Wildman–Crippen MR) is 65.7 cm³/mol. The molecule has 0 radical (unpaired) electrons. The molecule has 0 atom stereocenters. The Hall–Kier alpha value is -1.24. The average molecular weight is 259 g/mol. The molecule has 0 aliphatic heterocycles. The molecular formula is C11H14FNO3S. The summed E-state index contributed by atoms with van der Waals surface area (Å²) in [6.07, 6.45) is 0. The summed E-state index contributed by atoms with van der Waals surface area (Å²) in [5.74, 6) is -0.124. The zero-order valence-corrected chi connectivity index (χ0v) is 10.0. The van der Waals surface area contributed by atoms with Crippen LogP contribution < -0.4 is 10.5 Å². The third kappa shape index (κ3) is 4.64. The van der Waals surface area contributed by atoms with Crippen LogP contribution in [0.2, 0.25) is 0 Å². The first-order valence-electron chi connectivity index (χ1n) is 5.06. The second-order valence-electron chi connectivity index (χ2n) is 3.19. The molecule has 0 aromatic heterocycles. The first-order chi connectivity index (χ1) is 8.15. The second-order valence-corrected chi connectivity index (χ2v) is 3.63. The fourth-order valence-corrected chi connectivity index (χ4v) is 1.34. The molecule has 0 spiro atoms. The molecule has 3 N–H and O–H groups in total. The number of rotatable bonds is 7. The van der Waals surface area contributed by atoms with Gasteiger partial charge in [-0.1, -0.05) is 12.2 Å². The monoisotopic (exact) mass is 259 g/mol. The molecule has 1 aromatic carbocycles. The van der Waals surface area contributed by atoms with Gasteiger partial charge in [0.15, 0.2) is 0 Å². The molecule has 1 rings (SSSR count). The van der Waals surface area contributed by atoms with E-state index in [1.165, 1.54) is 12.1 Å². The number of nitrogens with two attached hydrogens (primary N) is 1. The van der Waals surface area contributed by atoms with E-state index in [-0.39, 0.29) is 30.4 Å². The summed E-state index contributed by atoms with van der Waals surface area (Å²) in [5.41, 5.74) is 5.52. The van der Waals surface area contributed by atoms with E-state index in [0.29, 0.717) is 12.4 Å². The number of benzene rings is 1. The standard InChI is InChI=1S/C11H14FNO3S/c12-10-7-8(1-2-9(10)11(13)17)16-6-5-15-4-3-14/h1-2,7,14H,3-6H2,(H2,13,17). The van der Waals surface area contributed by atoms with E-state index < -0.39 is 5.82 Å². The Morgan fingerprint density at radius 1 is 1.35 bits per heavy atom. The smallest absolute Gasteiger partial charge is 0.137 e. The van der Waals surface area contributed by atoms with Gasteiger partial charge in [-0.05, 0) is 12.1 Å². The Morgan fingerprint density at radius 3 is 2.71 bits per heavy atom. The predicted octanol–water partition coefficient (Wildman–Crippen LogP) is 0.848. The number of hydrogen-bond donors (Lipinski definition) is 2. The van der Waals surface area contributed by atoms with Gasteiger partial charge in [-0.25, -0.2) is 4.39 Å². The van der Waals surface area contributed by atoms with Crippen LogP contribution in [-0.4, -0.2) is 36.5 Å². The summed E-state index contributed by atoms with van der Waals surface area (Å²) in [6, 6.07) is 4.28. The van der Waals surface area contributed by atoms with Crippen molar-refractivity contribution in [1.82, 2.24) is 0 Å². The zero-order chi connectivity index (χ0) is 12.7. The van der Waals surface area contributed by atoms with E-state index in [0.717, 1.165) is 0 Å². The number of aliphatic hydroxyl groups excluding tert-OH is 1. The van der Waals surface area contributed by atoms with E-state index in [2.05, 4.69) is 12.2 Å². The maximum atomic E-state index is 13.4. The van der Waals surface area contributed by atoms with Crippen LogP contribution in [0.1, 0.15) is 5.56 Å². The van der Waals surface area contributed by atoms with Crippen molar-refractivity contribution >= 4 is 17.2 Å². The Bertz CT molecular complexity index is 387. The van der Waals surface area contributed by atoms with Crippen molar-refractivity contribution in [2.45, 2.75) is 0 Å². The maximum absolute atomic E-state index is 13.4. The van der Waals surface area contributed by atoms with Crippen molar-refractivity contribution in [3.63, 3.8) is 0 Å². The van der Waals surface area contributed by atoms with Crippen LogP contribution in [-0.2, 0) is 4.74 Å². The van der Waals surface area contributed by atoms with Crippen LogP contribution in [0.3, 0.4) is 0 Å². The van der Waals surface area contributed by atoms with Crippen molar-refractivity contribution in [3.05, 3.63) is 29.6 Å². The van der Waals surface area contributed by atoms with Gasteiger partial charge in [0.25, 0.3) is 0 Å². The summed E-state index contributed by atoms with van der Waals surface area (Å²) in [4.78, 5) is 0.0142. The van der Waals surface area contributed by atoms with Gasteiger partial charge in [0, 0.05) is 11.6 Å². The van der Waals surface area contributed by atoms with Crippen LogP contribution in [0, 0.1) is 5.82 Å². The largest absolute Gasteiger partial charge is 0.491 e. The van der Waals surface area contributed by atoms with Gasteiger partial charge in [-0.15, -0.1) is 0 Å². The highest BCUT2D eigenvalue weighted by Gasteiger charge is 2.06. The first kappa shape index (κ1) is 13.8. The van der Waals surface area contributed by atoms with E-state index in [1.807, 2.05) is 0 Å². The summed E-state index contributed by atoms with van der Waals surface area (Å²) in [7, 11) is 0. The lowest BCUT2D eigenvalue weighted by atomic mass is 10.2. The second kappa shape index (κ2) is 7.16. The molecule has 0 aliphatic rings. The highest BCUT2D eigenvalue weighted by Crippen LogP contribution is 2.16. The van der Waals surface area contributed by atoms with E-state index >= 15 is 0 Å². The highest BCUT2D eigenvalue weighted by molar-refractivity contribution is 7.80. The van der Waals surface area contributed by atoms with Crippen molar-refractivity contribution in [1.29, 1.82) is 0 Å². The maximum Gasteiger partial charge on any atom is 0.137 e. The molecule has 0 heterocycles. The number of aliphatic hydroxyl groups is 1. The molecular weight excluding hydrogens is 245 g/mol. The number of ether oxygens (including phenoxy) is 2. The molecule has 17 heavy (non-hydrogen) atoms. The third-order valence-corrected chi connectivity index (χ3v) is 2.16.